The van der Waals surface area contributed by atoms with E-state index < -0.39 is 29.4 Å². The second kappa shape index (κ2) is 7.41. The summed E-state index contributed by atoms with van der Waals surface area (Å²) < 4.78 is 33.6. The van der Waals surface area contributed by atoms with Crippen LogP contribution in [-0.2, 0) is 11.2 Å². The van der Waals surface area contributed by atoms with Crippen LogP contribution in [-0.4, -0.2) is 26.3 Å². The highest BCUT2D eigenvalue weighted by Gasteiger charge is 2.23. The maximum absolute atomic E-state index is 13.6. The fourth-order valence-electron chi connectivity index (χ4n) is 2.77. The number of nitrogens with one attached hydrogen (secondary N) is 2. The van der Waals surface area contributed by atoms with E-state index in [-0.39, 0.29) is 17.7 Å². The SMILES string of the molecule is CC(C)(C)OC(=O)N[C@@H](Cc1cc(F)cc(F)c1)c1cc(=O)n2[nH]ccc2n1. The lowest BCUT2D eigenvalue weighted by molar-refractivity contribution is 0.0502. The summed E-state index contributed by atoms with van der Waals surface area (Å²) in [5.74, 6) is -1.47. The number of alkyl carbamates (subject to hydrolysis) is 1. The summed E-state index contributed by atoms with van der Waals surface area (Å²) in [7, 11) is 0. The molecule has 0 radical (unpaired) electrons. The number of carbonyl (C=O) groups excluding carboxylic acids is 1. The quantitative estimate of drug-likeness (QED) is 0.717. The first-order valence-corrected chi connectivity index (χ1v) is 8.62. The van der Waals surface area contributed by atoms with Crippen LogP contribution >= 0.6 is 0 Å². The number of nitrogens with zero attached hydrogens (tertiary/aromatic N) is 2. The number of aromatic amines is 1. The Kier molecular flexibility index (Phi) is 5.17. The smallest absolute Gasteiger partial charge is 0.408 e. The first kappa shape index (κ1) is 19.5. The normalized spacial score (nSPS) is 12.8. The van der Waals surface area contributed by atoms with Gasteiger partial charge in [0.25, 0.3) is 5.56 Å². The van der Waals surface area contributed by atoms with Gasteiger partial charge in [0.05, 0.1) is 11.7 Å². The van der Waals surface area contributed by atoms with Crippen LogP contribution in [0.15, 0.2) is 41.3 Å². The standard InChI is InChI=1S/C19H20F2N4O3/c1-19(2,3)28-18(27)24-14(8-11-6-12(20)9-13(21)7-11)15-10-17(26)25-16(23-15)4-5-22-25/h4-7,9-10,14,22H,8H2,1-3H3,(H,24,27)/t14-/m0/s1. The van der Waals surface area contributed by atoms with Crippen molar-refractivity contribution in [3.8, 4) is 0 Å². The van der Waals surface area contributed by atoms with E-state index in [1.54, 1.807) is 33.0 Å². The molecule has 1 amide bonds. The molecule has 1 atom stereocenters. The summed E-state index contributed by atoms with van der Waals surface area (Å²) in [5.41, 5.74) is -0.220. The zero-order chi connectivity index (χ0) is 20.5. The van der Waals surface area contributed by atoms with Gasteiger partial charge >= 0.3 is 6.09 Å². The number of halogens is 2. The van der Waals surface area contributed by atoms with Gasteiger partial charge in [0, 0.05) is 24.4 Å². The third-order valence-electron chi connectivity index (χ3n) is 3.81. The Bertz CT molecular complexity index is 1050. The van der Waals surface area contributed by atoms with Gasteiger partial charge in [-0.2, -0.15) is 0 Å². The van der Waals surface area contributed by atoms with Gasteiger partial charge in [0.15, 0.2) is 5.65 Å². The van der Waals surface area contributed by atoms with Crippen molar-refractivity contribution in [2.24, 2.45) is 0 Å². The van der Waals surface area contributed by atoms with Gasteiger partial charge in [-0.15, -0.1) is 0 Å². The van der Waals surface area contributed by atoms with E-state index in [0.717, 1.165) is 18.2 Å². The van der Waals surface area contributed by atoms with Crippen molar-refractivity contribution >= 4 is 11.7 Å². The molecule has 3 aromatic rings. The summed E-state index contributed by atoms with van der Waals surface area (Å²) in [6.45, 7) is 5.13. The zero-order valence-corrected chi connectivity index (χ0v) is 15.6. The number of aromatic nitrogens is 3. The predicted octanol–water partition coefficient (Wildman–Crippen LogP) is 3.11. The zero-order valence-electron chi connectivity index (χ0n) is 15.6. The van der Waals surface area contributed by atoms with E-state index in [4.69, 9.17) is 4.74 Å². The van der Waals surface area contributed by atoms with Crippen LogP contribution in [0.2, 0.25) is 0 Å². The molecule has 0 spiro atoms. The molecule has 0 aliphatic rings. The molecule has 7 nitrogen and oxygen atoms in total. The first-order valence-electron chi connectivity index (χ1n) is 8.62. The molecule has 0 aliphatic carbocycles. The lowest BCUT2D eigenvalue weighted by Crippen LogP contribution is -2.36. The molecule has 0 saturated heterocycles. The monoisotopic (exact) mass is 390 g/mol. The fourth-order valence-corrected chi connectivity index (χ4v) is 2.77. The molecule has 2 heterocycles. The van der Waals surface area contributed by atoms with Crippen LogP contribution in [0.25, 0.3) is 5.65 Å². The molecule has 28 heavy (non-hydrogen) atoms. The maximum atomic E-state index is 13.6. The summed E-state index contributed by atoms with van der Waals surface area (Å²) in [6.07, 6.45) is 0.831. The number of H-pyrrole nitrogens is 1. The van der Waals surface area contributed by atoms with E-state index in [9.17, 15) is 18.4 Å². The van der Waals surface area contributed by atoms with Crippen LogP contribution in [0.3, 0.4) is 0 Å². The Balaban J connectivity index is 1.97. The van der Waals surface area contributed by atoms with E-state index >= 15 is 0 Å². The minimum absolute atomic E-state index is 0.0148. The highest BCUT2D eigenvalue weighted by atomic mass is 19.1. The van der Waals surface area contributed by atoms with Crippen molar-refractivity contribution in [3.63, 3.8) is 0 Å². The van der Waals surface area contributed by atoms with E-state index in [1.807, 2.05) is 0 Å². The molecule has 0 bridgehead atoms. The fraction of sp³-hybridized carbons (Fsp3) is 0.316. The van der Waals surface area contributed by atoms with Crippen LogP contribution in [0, 0.1) is 11.6 Å². The van der Waals surface area contributed by atoms with Crippen LogP contribution < -0.4 is 10.9 Å². The van der Waals surface area contributed by atoms with E-state index in [2.05, 4.69) is 15.4 Å². The summed E-state index contributed by atoms with van der Waals surface area (Å²) >= 11 is 0. The van der Waals surface area contributed by atoms with Crippen molar-refractivity contribution in [3.05, 3.63) is 69.8 Å². The van der Waals surface area contributed by atoms with Gasteiger partial charge in [-0.3, -0.25) is 9.89 Å². The number of carbonyl (C=O) groups is 1. The number of benzene rings is 1. The molecule has 2 N–H and O–H groups in total. The molecular weight excluding hydrogens is 370 g/mol. The van der Waals surface area contributed by atoms with Gasteiger partial charge in [-0.25, -0.2) is 23.1 Å². The van der Waals surface area contributed by atoms with Crippen LogP contribution in [0.1, 0.15) is 38.1 Å². The maximum Gasteiger partial charge on any atom is 0.408 e. The minimum atomic E-state index is -0.830. The van der Waals surface area contributed by atoms with Crippen molar-refractivity contribution in [2.45, 2.75) is 38.8 Å². The summed E-state index contributed by atoms with van der Waals surface area (Å²) in [4.78, 5) is 28.9. The summed E-state index contributed by atoms with van der Waals surface area (Å²) in [5, 5.41) is 5.36. The predicted molar refractivity (Wildman–Crippen MR) is 98.0 cm³/mol. The van der Waals surface area contributed by atoms with E-state index in [1.165, 1.54) is 10.6 Å². The molecule has 1 aromatic carbocycles. The first-order chi connectivity index (χ1) is 13.1. The number of hydrogen-bond donors (Lipinski definition) is 2. The van der Waals surface area contributed by atoms with Gasteiger partial charge in [0.2, 0.25) is 0 Å². The lowest BCUT2D eigenvalue weighted by atomic mass is 10.0. The second-order valence-electron chi connectivity index (χ2n) is 7.36. The van der Waals surface area contributed by atoms with Gasteiger partial charge in [0.1, 0.15) is 17.2 Å². The average molecular weight is 390 g/mol. The highest BCUT2D eigenvalue weighted by Crippen LogP contribution is 2.19. The minimum Gasteiger partial charge on any atom is -0.444 e. The number of fused-ring (bicyclic) bond motifs is 1. The lowest BCUT2D eigenvalue weighted by Gasteiger charge is -2.23. The molecule has 3 rings (SSSR count). The molecule has 0 fully saturated rings. The largest absolute Gasteiger partial charge is 0.444 e. The Morgan fingerprint density at radius 1 is 1.25 bits per heavy atom. The molecule has 2 aromatic heterocycles. The van der Waals surface area contributed by atoms with E-state index in [0.29, 0.717) is 11.2 Å². The average Bonchev–Trinajstić information content (AvgIpc) is 3.00. The Morgan fingerprint density at radius 2 is 1.93 bits per heavy atom. The van der Waals surface area contributed by atoms with Crippen molar-refractivity contribution in [2.75, 3.05) is 0 Å². The third-order valence-corrected chi connectivity index (χ3v) is 3.81. The van der Waals surface area contributed by atoms with Crippen molar-refractivity contribution < 1.29 is 18.3 Å². The molecule has 0 saturated carbocycles. The Hall–Kier alpha value is -3.23. The molecular formula is C19H20F2N4O3. The van der Waals surface area contributed by atoms with Crippen LogP contribution in [0.5, 0.6) is 0 Å². The number of rotatable bonds is 4. The number of hydrogen-bond acceptors (Lipinski definition) is 4. The van der Waals surface area contributed by atoms with Crippen LogP contribution in [0.4, 0.5) is 13.6 Å². The number of ether oxygens (including phenoxy) is 1. The number of amides is 1. The van der Waals surface area contributed by atoms with Gasteiger partial charge in [-0.05, 0) is 44.9 Å². The van der Waals surface area contributed by atoms with Crippen molar-refractivity contribution in [1.82, 2.24) is 19.9 Å². The second-order valence-corrected chi connectivity index (χ2v) is 7.36. The Labute approximate surface area is 159 Å². The topological polar surface area (TPSA) is 88.5 Å². The summed E-state index contributed by atoms with van der Waals surface area (Å²) in [6, 6.07) is 5.10. The molecule has 148 valence electrons. The molecule has 0 unspecified atom stereocenters. The molecule has 0 aliphatic heterocycles. The Morgan fingerprint density at radius 3 is 2.57 bits per heavy atom. The highest BCUT2D eigenvalue weighted by molar-refractivity contribution is 5.68. The third kappa shape index (κ3) is 4.73. The van der Waals surface area contributed by atoms with Gasteiger partial charge in [-0.1, -0.05) is 0 Å². The van der Waals surface area contributed by atoms with Gasteiger partial charge < -0.3 is 10.1 Å². The van der Waals surface area contributed by atoms with Crippen molar-refractivity contribution in [1.29, 1.82) is 0 Å². The molecule has 9 heteroatoms.